The van der Waals surface area contributed by atoms with Gasteiger partial charge in [-0.15, -0.1) is 11.3 Å². The predicted octanol–water partition coefficient (Wildman–Crippen LogP) is 2.78. The third-order valence-corrected chi connectivity index (χ3v) is 6.11. The molecule has 1 saturated carbocycles. The fourth-order valence-electron chi connectivity index (χ4n) is 3.73. The minimum atomic E-state index is -0.224. The molecule has 2 aliphatic rings. The monoisotopic (exact) mass is 307 g/mol. The summed E-state index contributed by atoms with van der Waals surface area (Å²) in [4.78, 5) is 21.0. The number of carbonyl (C=O) groups excluding carboxylic acids is 1. The molecule has 5 heteroatoms. The van der Waals surface area contributed by atoms with E-state index in [-0.39, 0.29) is 11.4 Å². The van der Waals surface area contributed by atoms with Crippen molar-refractivity contribution in [2.45, 2.75) is 64.5 Å². The Labute approximate surface area is 130 Å². The molecule has 0 radical (unpaired) electrons. The molecule has 1 saturated heterocycles. The minimum Gasteiger partial charge on any atom is -0.348 e. The van der Waals surface area contributed by atoms with Crippen LogP contribution in [0.5, 0.6) is 0 Å². The smallest absolute Gasteiger partial charge is 0.240 e. The molecule has 1 aliphatic carbocycles. The first-order valence-electron chi connectivity index (χ1n) is 8.08. The summed E-state index contributed by atoms with van der Waals surface area (Å²) < 4.78 is 0. The Kier molecular flexibility index (Phi) is 4.31. The number of likely N-dealkylation sites (tertiary alicyclic amines) is 1. The average molecular weight is 307 g/mol. The fraction of sp³-hybridized carbons (Fsp3) is 0.750. The lowest BCUT2D eigenvalue weighted by atomic mass is 9.94. The molecular formula is C16H25N3OS. The van der Waals surface area contributed by atoms with E-state index in [0.29, 0.717) is 6.54 Å². The molecule has 1 N–H and O–H groups in total. The normalized spacial score (nSPS) is 21.8. The van der Waals surface area contributed by atoms with Crippen molar-refractivity contribution in [2.24, 2.45) is 0 Å². The van der Waals surface area contributed by atoms with Crippen molar-refractivity contribution in [3.05, 3.63) is 15.6 Å². The summed E-state index contributed by atoms with van der Waals surface area (Å²) in [5, 5.41) is 4.19. The van der Waals surface area contributed by atoms with Gasteiger partial charge in [-0.3, -0.25) is 9.69 Å². The maximum atomic E-state index is 12.8. The molecule has 0 aromatic carbocycles. The Hall–Kier alpha value is -0.940. The SMILES string of the molecule is Cc1nc(CNC(=O)C2(N3CCCC3)CCCC2)sc1C. The van der Waals surface area contributed by atoms with Crippen molar-refractivity contribution in [1.29, 1.82) is 0 Å². The van der Waals surface area contributed by atoms with Crippen LogP contribution in [-0.2, 0) is 11.3 Å². The summed E-state index contributed by atoms with van der Waals surface area (Å²) >= 11 is 1.69. The zero-order chi connectivity index (χ0) is 14.9. The van der Waals surface area contributed by atoms with Gasteiger partial charge in [0.05, 0.1) is 12.2 Å². The van der Waals surface area contributed by atoms with Crippen molar-refractivity contribution in [1.82, 2.24) is 15.2 Å². The molecule has 0 bridgehead atoms. The standard InChI is InChI=1S/C16H25N3OS/c1-12-13(2)21-14(18-12)11-17-15(20)16(7-3-4-8-16)19-9-5-6-10-19/h3-11H2,1-2H3,(H,17,20). The first-order chi connectivity index (χ1) is 10.1. The summed E-state index contributed by atoms with van der Waals surface area (Å²) in [7, 11) is 0. The van der Waals surface area contributed by atoms with Crippen LogP contribution in [0.4, 0.5) is 0 Å². The van der Waals surface area contributed by atoms with Crippen molar-refractivity contribution in [3.8, 4) is 0 Å². The minimum absolute atomic E-state index is 0.224. The molecule has 0 spiro atoms. The molecule has 2 fully saturated rings. The molecule has 3 rings (SSSR count). The van der Waals surface area contributed by atoms with Crippen LogP contribution < -0.4 is 5.32 Å². The van der Waals surface area contributed by atoms with Gasteiger partial charge in [-0.25, -0.2) is 4.98 Å². The number of amides is 1. The number of hydrogen-bond acceptors (Lipinski definition) is 4. The first kappa shape index (κ1) is 15.0. The van der Waals surface area contributed by atoms with Crippen LogP contribution in [0.2, 0.25) is 0 Å². The highest BCUT2D eigenvalue weighted by Gasteiger charge is 2.46. The van der Waals surface area contributed by atoms with Gasteiger partial charge >= 0.3 is 0 Å². The Bertz CT molecular complexity index is 494. The Balaban J connectivity index is 1.67. The van der Waals surface area contributed by atoms with Crippen molar-refractivity contribution < 1.29 is 4.79 Å². The quantitative estimate of drug-likeness (QED) is 0.930. The molecule has 4 nitrogen and oxygen atoms in total. The van der Waals surface area contributed by atoms with E-state index in [1.165, 1.54) is 30.6 Å². The van der Waals surface area contributed by atoms with Crippen molar-refractivity contribution >= 4 is 17.2 Å². The third-order valence-electron chi connectivity index (χ3n) is 5.04. The number of rotatable bonds is 4. The van der Waals surface area contributed by atoms with Crippen LogP contribution in [0.15, 0.2) is 0 Å². The van der Waals surface area contributed by atoms with Crippen LogP contribution in [0.25, 0.3) is 0 Å². The second kappa shape index (κ2) is 6.05. The number of nitrogens with one attached hydrogen (secondary N) is 1. The predicted molar refractivity (Wildman–Crippen MR) is 85.4 cm³/mol. The van der Waals surface area contributed by atoms with E-state index in [1.54, 1.807) is 11.3 Å². The largest absolute Gasteiger partial charge is 0.348 e. The maximum absolute atomic E-state index is 12.8. The molecule has 1 aromatic heterocycles. The van der Waals surface area contributed by atoms with E-state index in [0.717, 1.165) is 36.6 Å². The van der Waals surface area contributed by atoms with Gasteiger partial charge in [-0.2, -0.15) is 0 Å². The molecule has 1 amide bonds. The van der Waals surface area contributed by atoms with Crippen LogP contribution in [0.1, 0.15) is 54.1 Å². The summed E-state index contributed by atoms with van der Waals surface area (Å²) in [5.41, 5.74) is 0.858. The zero-order valence-corrected chi connectivity index (χ0v) is 13.9. The van der Waals surface area contributed by atoms with Gasteiger partial charge in [0.25, 0.3) is 0 Å². The molecule has 2 heterocycles. The molecule has 116 valence electrons. The number of hydrogen-bond donors (Lipinski definition) is 1. The lowest BCUT2D eigenvalue weighted by Gasteiger charge is -2.37. The van der Waals surface area contributed by atoms with Gasteiger partial charge in [-0.05, 0) is 52.6 Å². The second-order valence-electron chi connectivity index (χ2n) is 6.36. The molecular weight excluding hydrogens is 282 g/mol. The summed E-state index contributed by atoms with van der Waals surface area (Å²) in [5.74, 6) is 0.229. The lowest BCUT2D eigenvalue weighted by molar-refractivity contribution is -0.133. The van der Waals surface area contributed by atoms with E-state index in [9.17, 15) is 4.79 Å². The second-order valence-corrected chi connectivity index (χ2v) is 7.65. The van der Waals surface area contributed by atoms with Crippen molar-refractivity contribution in [3.63, 3.8) is 0 Å². The first-order valence-corrected chi connectivity index (χ1v) is 8.90. The number of carbonyl (C=O) groups is 1. The van der Waals surface area contributed by atoms with Gasteiger partial charge < -0.3 is 5.32 Å². The molecule has 1 aromatic rings. The third kappa shape index (κ3) is 2.86. The molecule has 0 atom stereocenters. The highest BCUT2D eigenvalue weighted by atomic mass is 32.1. The van der Waals surface area contributed by atoms with E-state index in [4.69, 9.17) is 0 Å². The Morgan fingerprint density at radius 1 is 1.24 bits per heavy atom. The van der Waals surface area contributed by atoms with E-state index in [1.807, 2.05) is 6.92 Å². The van der Waals surface area contributed by atoms with Crippen LogP contribution >= 0.6 is 11.3 Å². The fourth-order valence-corrected chi connectivity index (χ4v) is 4.60. The van der Waals surface area contributed by atoms with Crippen LogP contribution in [0, 0.1) is 13.8 Å². The number of thiazole rings is 1. The van der Waals surface area contributed by atoms with Crippen LogP contribution in [0.3, 0.4) is 0 Å². The van der Waals surface area contributed by atoms with E-state index in [2.05, 4.69) is 22.1 Å². The summed E-state index contributed by atoms with van der Waals surface area (Å²) in [6.45, 7) is 6.86. The van der Waals surface area contributed by atoms with Gasteiger partial charge in [0.2, 0.25) is 5.91 Å². The highest BCUT2D eigenvalue weighted by molar-refractivity contribution is 7.11. The average Bonchev–Trinajstić information content (AvgIpc) is 3.17. The molecule has 21 heavy (non-hydrogen) atoms. The summed E-state index contributed by atoms with van der Waals surface area (Å²) in [6.07, 6.45) is 6.88. The molecule has 1 aliphatic heterocycles. The lowest BCUT2D eigenvalue weighted by Crippen LogP contribution is -2.56. The summed E-state index contributed by atoms with van der Waals surface area (Å²) in [6, 6.07) is 0. The van der Waals surface area contributed by atoms with E-state index >= 15 is 0 Å². The highest BCUT2D eigenvalue weighted by Crippen LogP contribution is 2.37. The van der Waals surface area contributed by atoms with Gasteiger partial charge in [0, 0.05) is 4.88 Å². The Morgan fingerprint density at radius 2 is 1.90 bits per heavy atom. The van der Waals surface area contributed by atoms with Crippen LogP contribution in [-0.4, -0.2) is 34.4 Å². The van der Waals surface area contributed by atoms with Gasteiger partial charge in [0.15, 0.2) is 0 Å². The van der Waals surface area contributed by atoms with Gasteiger partial charge in [-0.1, -0.05) is 12.8 Å². The Morgan fingerprint density at radius 3 is 2.48 bits per heavy atom. The number of nitrogens with zero attached hydrogens (tertiary/aromatic N) is 2. The van der Waals surface area contributed by atoms with Crippen molar-refractivity contribution in [2.75, 3.05) is 13.1 Å². The number of aromatic nitrogens is 1. The topological polar surface area (TPSA) is 45.2 Å². The van der Waals surface area contributed by atoms with Gasteiger partial charge in [0.1, 0.15) is 10.5 Å². The molecule has 0 unspecified atom stereocenters. The zero-order valence-electron chi connectivity index (χ0n) is 13.1. The van der Waals surface area contributed by atoms with E-state index < -0.39 is 0 Å². The number of aryl methyl sites for hydroxylation is 2. The maximum Gasteiger partial charge on any atom is 0.240 e.